The second-order valence-corrected chi connectivity index (χ2v) is 13.0. The van der Waals surface area contributed by atoms with Gasteiger partial charge in [-0.2, -0.15) is 43.5 Å². The van der Waals surface area contributed by atoms with Crippen LogP contribution < -0.4 is 9.47 Å². The van der Waals surface area contributed by atoms with Crippen molar-refractivity contribution in [3.05, 3.63) is 90.0 Å². The molecule has 0 aliphatic heterocycles. The molecule has 0 heterocycles. The van der Waals surface area contributed by atoms with Gasteiger partial charge in [0.05, 0.1) is 16.9 Å². The van der Waals surface area contributed by atoms with Gasteiger partial charge in [-0.15, -0.1) is 0 Å². The second-order valence-electron chi connectivity index (χ2n) is 9.57. The van der Waals surface area contributed by atoms with Crippen LogP contribution in [-0.2, 0) is 30.6 Å². The third-order valence-electron chi connectivity index (χ3n) is 6.57. The molecular weight excluding hydrogens is 680 g/mol. The van der Waals surface area contributed by atoms with Crippen LogP contribution in [0.4, 0.5) is 35.1 Å². The van der Waals surface area contributed by atoms with E-state index in [-0.39, 0.29) is 11.8 Å². The monoisotopic (exact) mass is 700 g/mol. The predicted octanol–water partition coefficient (Wildman–Crippen LogP) is 7.56. The van der Waals surface area contributed by atoms with E-state index in [4.69, 9.17) is 14.0 Å². The summed E-state index contributed by atoms with van der Waals surface area (Å²) in [6.45, 7) is 0.746. The fourth-order valence-corrected chi connectivity index (χ4v) is 5.80. The molecule has 1 N–H and O–H groups in total. The number of rotatable bonds is 11. The molecule has 4 aromatic rings. The van der Waals surface area contributed by atoms with Crippen LogP contribution >= 0.6 is 0 Å². The summed E-state index contributed by atoms with van der Waals surface area (Å²) >= 11 is 0. The standard InChI is InChI=1S/C28H20F8O8S2/c1-16-9-12-19(15-22(16)25(29,30)26(31,32)44-27(33,34)28(35,36)46(39,40)41)45(37,38)18-13-10-17(11-14-18)43-24-8-4-5-20-21(24)6-3-7-23(20)42-2/h3-15H,1-2H3,(H,39,40,41). The number of ether oxygens (including phenoxy) is 3. The van der Waals surface area contributed by atoms with E-state index in [1.165, 1.54) is 19.2 Å². The fraction of sp³-hybridized carbons (Fsp3) is 0.214. The van der Waals surface area contributed by atoms with Crippen LogP contribution in [-0.4, -0.2) is 46.0 Å². The van der Waals surface area contributed by atoms with Crippen LogP contribution in [0.3, 0.4) is 0 Å². The Morgan fingerprint density at radius 2 is 1.20 bits per heavy atom. The number of hydrogen-bond donors (Lipinski definition) is 1. The van der Waals surface area contributed by atoms with Gasteiger partial charge in [-0.1, -0.05) is 30.3 Å². The minimum Gasteiger partial charge on any atom is -0.496 e. The van der Waals surface area contributed by atoms with Crippen molar-refractivity contribution in [2.75, 3.05) is 7.11 Å². The molecule has 0 saturated heterocycles. The molecule has 4 aromatic carbocycles. The molecule has 0 radical (unpaired) electrons. The van der Waals surface area contributed by atoms with Gasteiger partial charge in [-0.3, -0.25) is 4.55 Å². The first-order valence-electron chi connectivity index (χ1n) is 12.4. The van der Waals surface area contributed by atoms with Gasteiger partial charge in [0.1, 0.15) is 17.2 Å². The van der Waals surface area contributed by atoms with Gasteiger partial charge < -0.3 is 9.47 Å². The number of alkyl halides is 8. The quantitative estimate of drug-likeness (QED) is 0.126. The van der Waals surface area contributed by atoms with E-state index in [0.717, 1.165) is 25.1 Å². The molecule has 0 amide bonds. The summed E-state index contributed by atoms with van der Waals surface area (Å²) in [6, 6.07) is 16.0. The summed E-state index contributed by atoms with van der Waals surface area (Å²) < 4.78 is 182. The highest BCUT2D eigenvalue weighted by atomic mass is 32.2. The van der Waals surface area contributed by atoms with E-state index in [1.807, 2.05) is 0 Å². The molecule has 18 heteroatoms. The molecule has 0 saturated carbocycles. The lowest BCUT2D eigenvalue weighted by Gasteiger charge is -2.32. The van der Waals surface area contributed by atoms with Crippen molar-refractivity contribution in [3.8, 4) is 17.2 Å². The van der Waals surface area contributed by atoms with Gasteiger partial charge in [0.15, 0.2) is 0 Å². The zero-order chi connectivity index (χ0) is 34.5. The smallest absolute Gasteiger partial charge is 0.460 e. The average molecular weight is 701 g/mol. The summed E-state index contributed by atoms with van der Waals surface area (Å²) in [5, 5.41) is -5.41. The first kappa shape index (κ1) is 34.9. The van der Waals surface area contributed by atoms with E-state index in [9.17, 15) is 52.0 Å². The highest BCUT2D eigenvalue weighted by Gasteiger charge is 2.74. The molecule has 248 valence electrons. The normalized spacial score (nSPS) is 13.5. The van der Waals surface area contributed by atoms with Crippen molar-refractivity contribution in [3.63, 3.8) is 0 Å². The van der Waals surface area contributed by atoms with Crippen molar-refractivity contribution < 1.29 is 70.7 Å². The Morgan fingerprint density at radius 3 is 1.74 bits per heavy atom. The molecule has 0 fully saturated rings. The zero-order valence-corrected chi connectivity index (χ0v) is 24.8. The Morgan fingerprint density at radius 1 is 0.674 bits per heavy atom. The van der Waals surface area contributed by atoms with Gasteiger partial charge in [-0.05, 0) is 61.0 Å². The largest absolute Gasteiger partial charge is 0.496 e. The number of methoxy groups -OCH3 is 1. The van der Waals surface area contributed by atoms with Crippen LogP contribution in [0.2, 0.25) is 0 Å². The van der Waals surface area contributed by atoms with Crippen LogP contribution in [0.25, 0.3) is 10.8 Å². The minimum atomic E-state index is -7.12. The lowest BCUT2D eigenvalue weighted by atomic mass is 10.0. The highest BCUT2D eigenvalue weighted by molar-refractivity contribution is 7.91. The van der Waals surface area contributed by atoms with Gasteiger partial charge >= 0.3 is 33.5 Å². The maximum Gasteiger partial charge on any atom is 0.460 e. The summed E-state index contributed by atoms with van der Waals surface area (Å²) in [4.78, 5) is -1.58. The second kappa shape index (κ2) is 11.7. The number of benzene rings is 4. The summed E-state index contributed by atoms with van der Waals surface area (Å²) in [7, 11) is -10.4. The number of sulfone groups is 1. The van der Waals surface area contributed by atoms with Gasteiger partial charge in [0, 0.05) is 16.3 Å². The Kier molecular flexibility index (Phi) is 8.84. The first-order chi connectivity index (χ1) is 21.1. The molecule has 0 aliphatic rings. The van der Waals surface area contributed by atoms with E-state index in [0.29, 0.717) is 28.3 Å². The molecule has 8 nitrogen and oxygen atoms in total. The average Bonchev–Trinajstić information content (AvgIpc) is 2.96. The summed E-state index contributed by atoms with van der Waals surface area (Å²) in [5.74, 6) is -4.90. The lowest BCUT2D eigenvalue weighted by Crippen LogP contribution is -2.55. The maximum absolute atomic E-state index is 14.9. The number of fused-ring (bicyclic) bond motifs is 1. The van der Waals surface area contributed by atoms with Gasteiger partial charge in [0.25, 0.3) is 0 Å². The van der Waals surface area contributed by atoms with Crippen LogP contribution in [0.5, 0.6) is 17.2 Å². The molecule has 0 spiro atoms. The molecule has 0 aromatic heterocycles. The van der Waals surface area contributed by atoms with E-state index < -0.39 is 64.3 Å². The Hall–Kier alpha value is -4.00. The summed E-state index contributed by atoms with van der Waals surface area (Å²) in [5.41, 5.74) is -2.75. The van der Waals surface area contributed by atoms with E-state index in [1.54, 1.807) is 36.4 Å². The van der Waals surface area contributed by atoms with Gasteiger partial charge in [-0.25, -0.2) is 13.2 Å². The number of aryl methyl sites for hydroxylation is 1. The van der Waals surface area contributed by atoms with Crippen LogP contribution in [0, 0.1) is 6.92 Å². The summed E-state index contributed by atoms with van der Waals surface area (Å²) in [6.07, 6.45) is -13.4. The van der Waals surface area contributed by atoms with Gasteiger partial charge in [0.2, 0.25) is 9.84 Å². The lowest BCUT2D eigenvalue weighted by molar-refractivity contribution is -0.459. The first-order valence-corrected chi connectivity index (χ1v) is 15.4. The predicted molar refractivity (Wildman–Crippen MR) is 145 cm³/mol. The van der Waals surface area contributed by atoms with Crippen LogP contribution in [0.1, 0.15) is 11.1 Å². The molecule has 46 heavy (non-hydrogen) atoms. The van der Waals surface area contributed by atoms with E-state index in [2.05, 4.69) is 4.74 Å². The minimum absolute atomic E-state index is 0.00505. The Labute approximate surface area is 255 Å². The number of halogens is 8. The highest BCUT2D eigenvalue weighted by Crippen LogP contribution is 2.51. The Bertz CT molecular complexity index is 2000. The maximum atomic E-state index is 14.9. The Balaban J connectivity index is 1.65. The molecule has 0 aliphatic carbocycles. The molecule has 0 unspecified atom stereocenters. The van der Waals surface area contributed by atoms with Crippen molar-refractivity contribution in [1.82, 2.24) is 0 Å². The number of hydrogen-bond acceptors (Lipinski definition) is 7. The molecule has 0 atom stereocenters. The van der Waals surface area contributed by atoms with Crippen molar-refractivity contribution >= 4 is 30.7 Å². The topological polar surface area (TPSA) is 116 Å². The van der Waals surface area contributed by atoms with Crippen molar-refractivity contribution in [2.45, 2.75) is 40.1 Å². The molecule has 4 rings (SSSR count). The van der Waals surface area contributed by atoms with Crippen molar-refractivity contribution in [2.24, 2.45) is 0 Å². The third-order valence-corrected chi connectivity index (χ3v) is 9.22. The SMILES string of the molecule is COc1cccc2c(Oc3ccc(S(=O)(=O)c4ccc(C)c(C(F)(F)C(F)(F)OC(F)(F)C(F)(F)S(=O)(=O)O)c4)cc3)cccc12. The van der Waals surface area contributed by atoms with Crippen LogP contribution in [0.15, 0.2) is 88.7 Å². The fourth-order valence-electron chi connectivity index (χ4n) is 4.17. The molecule has 0 bridgehead atoms. The van der Waals surface area contributed by atoms with Crippen molar-refractivity contribution in [1.29, 1.82) is 0 Å². The zero-order valence-electron chi connectivity index (χ0n) is 23.2. The van der Waals surface area contributed by atoms with E-state index >= 15 is 0 Å². The molecular formula is C28H20F8O8S2. The third kappa shape index (κ3) is 6.08.